The third-order valence-electron chi connectivity index (χ3n) is 2.12. The van der Waals surface area contributed by atoms with Gasteiger partial charge in [-0.05, 0) is 6.42 Å². The van der Waals surface area contributed by atoms with Crippen LogP contribution in [0.5, 0.6) is 0 Å². The summed E-state index contributed by atoms with van der Waals surface area (Å²) in [4.78, 5) is 10.6. The number of halogens is 1. The molecule has 0 radical (unpaired) electrons. The molecule has 0 spiro atoms. The zero-order valence-electron chi connectivity index (χ0n) is 8.39. The van der Waals surface area contributed by atoms with E-state index in [1.807, 2.05) is 0 Å². The van der Waals surface area contributed by atoms with Gasteiger partial charge in [0, 0.05) is 0 Å². The lowest BCUT2D eigenvalue weighted by atomic mass is 10.1. The fourth-order valence-electron chi connectivity index (χ4n) is 1.25. The van der Waals surface area contributed by atoms with Crippen LogP contribution in [-0.2, 0) is 4.79 Å². The molecule has 2 nitrogen and oxygen atoms in total. The van der Waals surface area contributed by atoms with Crippen molar-refractivity contribution in [2.45, 2.75) is 57.2 Å². The number of rotatable bonds is 8. The van der Waals surface area contributed by atoms with Gasteiger partial charge in [-0.3, -0.25) is 4.79 Å². The van der Waals surface area contributed by atoms with E-state index in [2.05, 4.69) is 6.92 Å². The molecule has 0 fully saturated rings. The first-order chi connectivity index (χ1) is 6.18. The molecule has 1 amide bonds. The predicted molar refractivity (Wildman–Crippen MR) is 56.8 cm³/mol. The molecular formula is C10H20ClNO. The van der Waals surface area contributed by atoms with Gasteiger partial charge in [0.2, 0.25) is 5.91 Å². The maximum atomic E-state index is 10.6. The molecule has 0 aliphatic heterocycles. The van der Waals surface area contributed by atoms with Gasteiger partial charge >= 0.3 is 0 Å². The third-order valence-corrected chi connectivity index (χ3v) is 2.55. The van der Waals surface area contributed by atoms with Crippen LogP contribution in [0, 0.1) is 0 Å². The highest BCUT2D eigenvalue weighted by atomic mass is 35.5. The lowest BCUT2D eigenvalue weighted by Crippen LogP contribution is -2.23. The van der Waals surface area contributed by atoms with Crippen LogP contribution in [0.4, 0.5) is 0 Å². The van der Waals surface area contributed by atoms with E-state index in [9.17, 15) is 4.79 Å². The Kier molecular flexibility index (Phi) is 8.21. The maximum absolute atomic E-state index is 10.6. The first-order valence-electron chi connectivity index (χ1n) is 5.12. The normalized spacial score (nSPS) is 12.8. The lowest BCUT2D eigenvalue weighted by Gasteiger charge is -2.04. The maximum Gasteiger partial charge on any atom is 0.235 e. The van der Waals surface area contributed by atoms with Gasteiger partial charge < -0.3 is 5.73 Å². The summed E-state index contributed by atoms with van der Waals surface area (Å²) >= 11 is 5.68. The molecule has 2 N–H and O–H groups in total. The molecule has 0 heterocycles. The highest BCUT2D eigenvalue weighted by Gasteiger charge is 2.09. The minimum atomic E-state index is -0.467. The molecule has 13 heavy (non-hydrogen) atoms. The predicted octanol–water partition coefficient (Wildman–Crippen LogP) is 2.83. The number of alkyl halides is 1. The van der Waals surface area contributed by atoms with Crippen molar-refractivity contribution < 1.29 is 4.79 Å². The van der Waals surface area contributed by atoms with Crippen LogP contribution >= 0.6 is 11.6 Å². The fraction of sp³-hybridized carbons (Fsp3) is 0.900. The van der Waals surface area contributed by atoms with Crippen LogP contribution in [0.15, 0.2) is 0 Å². The fourth-order valence-corrected chi connectivity index (χ4v) is 1.40. The SMILES string of the molecule is CCCCCCCCC(Cl)C(N)=O. The van der Waals surface area contributed by atoms with Gasteiger partial charge in [-0.25, -0.2) is 0 Å². The van der Waals surface area contributed by atoms with E-state index in [-0.39, 0.29) is 0 Å². The molecule has 0 aliphatic carbocycles. The first kappa shape index (κ1) is 12.8. The summed E-state index contributed by atoms with van der Waals surface area (Å²) in [6, 6.07) is 0. The zero-order valence-corrected chi connectivity index (χ0v) is 9.15. The van der Waals surface area contributed by atoms with Crippen molar-refractivity contribution in [2.75, 3.05) is 0 Å². The number of nitrogens with two attached hydrogens (primary N) is 1. The highest BCUT2D eigenvalue weighted by molar-refractivity contribution is 6.30. The van der Waals surface area contributed by atoms with E-state index < -0.39 is 11.3 Å². The summed E-state index contributed by atoms with van der Waals surface area (Å²) in [6.45, 7) is 2.20. The van der Waals surface area contributed by atoms with Crippen LogP contribution in [0.25, 0.3) is 0 Å². The van der Waals surface area contributed by atoms with Crippen LogP contribution in [-0.4, -0.2) is 11.3 Å². The summed E-state index contributed by atoms with van der Waals surface area (Å²) in [5.74, 6) is -0.393. The van der Waals surface area contributed by atoms with Crippen molar-refractivity contribution in [2.24, 2.45) is 5.73 Å². The number of unbranched alkanes of at least 4 members (excludes halogenated alkanes) is 5. The Morgan fingerprint density at radius 3 is 2.31 bits per heavy atom. The molecule has 0 bridgehead atoms. The summed E-state index contributed by atoms with van der Waals surface area (Å²) < 4.78 is 0. The molecule has 0 rings (SSSR count). The second-order valence-corrected chi connectivity index (χ2v) is 3.95. The molecule has 0 aromatic rings. The number of primary amides is 1. The van der Waals surface area contributed by atoms with E-state index in [0.717, 1.165) is 19.3 Å². The van der Waals surface area contributed by atoms with Crippen molar-refractivity contribution in [3.63, 3.8) is 0 Å². The number of hydrogen-bond acceptors (Lipinski definition) is 1. The third kappa shape index (κ3) is 8.10. The average molecular weight is 206 g/mol. The largest absolute Gasteiger partial charge is 0.368 e. The minimum absolute atomic E-state index is 0.393. The highest BCUT2D eigenvalue weighted by Crippen LogP contribution is 2.11. The second-order valence-electron chi connectivity index (χ2n) is 3.43. The van der Waals surface area contributed by atoms with E-state index in [1.165, 1.54) is 25.7 Å². The number of amides is 1. The molecule has 0 saturated carbocycles. The summed E-state index contributed by atoms with van der Waals surface area (Å²) in [5, 5.41) is -0.467. The minimum Gasteiger partial charge on any atom is -0.368 e. The van der Waals surface area contributed by atoms with Gasteiger partial charge in [0.05, 0.1) is 0 Å². The van der Waals surface area contributed by atoms with E-state index in [1.54, 1.807) is 0 Å². The number of carbonyl (C=O) groups is 1. The monoisotopic (exact) mass is 205 g/mol. The number of carbonyl (C=O) groups excluding carboxylic acids is 1. The molecule has 1 unspecified atom stereocenters. The van der Waals surface area contributed by atoms with Gasteiger partial charge in [0.15, 0.2) is 0 Å². The van der Waals surface area contributed by atoms with Crippen LogP contribution < -0.4 is 5.73 Å². The van der Waals surface area contributed by atoms with Crippen molar-refractivity contribution >= 4 is 17.5 Å². The standard InChI is InChI=1S/C10H20ClNO/c1-2-3-4-5-6-7-8-9(11)10(12)13/h9H,2-8H2,1H3,(H2,12,13). The topological polar surface area (TPSA) is 43.1 Å². The van der Waals surface area contributed by atoms with Crippen molar-refractivity contribution in [3.05, 3.63) is 0 Å². The average Bonchev–Trinajstić information content (AvgIpc) is 2.10. The van der Waals surface area contributed by atoms with Crippen molar-refractivity contribution in [1.82, 2.24) is 0 Å². The van der Waals surface area contributed by atoms with Crippen molar-refractivity contribution in [3.8, 4) is 0 Å². The second kappa shape index (κ2) is 8.36. The van der Waals surface area contributed by atoms with Crippen molar-refractivity contribution in [1.29, 1.82) is 0 Å². The Bertz CT molecular complexity index is 139. The first-order valence-corrected chi connectivity index (χ1v) is 5.55. The van der Waals surface area contributed by atoms with Gasteiger partial charge in [-0.15, -0.1) is 11.6 Å². The van der Waals surface area contributed by atoms with Gasteiger partial charge in [-0.1, -0.05) is 45.4 Å². The van der Waals surface area contributed by atoms with E-state index in [4.69, 9.17) is 17.3 Å². The zero-order chi connectivity index (χ0) is 10.1. The molecule has 78 valence electrons. The van der Waals surface area contributed by atoms with Gasteiger partial charge in [0.1, 0.15) is 5.38 Å². The quantitative estimate of drug-likeness (QED) is 0.481. The Hall–Kier alpha value is -0.240. The van der Waals surface area contributed by atoms with Crippen LogP contribution in [0.1, 0.15) is 51.9 Å². The van der Waals surface area contributed by atoms with Crippen LogP contribution in [0.3, 0.4) is 0 Å². The Balaban J connectivity index is 3.11. The molecule has 0 saturated heterocycles. The summed E-state index contributed by atoms with van der Waals surface area (Å²) in [7, 11) is 0. The summed E-state index contributed by atoms with van der Waals surface area (Å²) in [5.41, 5.74) is 5.03. The van der Waals surface area contributed by atoms with E-state index in [0.29, 0.717) is 0 Å². The molecule has 3 heteroatoms. The molecule has 0 aromatic carbocycles. The molecule has 0 aromatic heterocycles. The van der Waals surface area contributed by atoms with Gasteiger partial charge in [-0.2, -0.15) is 0 Å². The summed E-state index contributed by atoms with van der Waals surface area (Å²) in [6.07, 6.45) is 8.01. The van der Waals surface area contributed by atoms with Crippen LogP contribution in [0.2, 0.25) is 0 Å². The lowest BCUT2D eigenvalue weighted by molar-refractivity contribution is -0.117. The molecule has 1 atom stereocenters. The Morgan fingerprint density at radius 2 is 1.77 bits per heavy atom. The Morgan fingerprint density at radius 1 is 1.23 bits per heavy atom. The number of hydrogen-bond donors (Lipinski definition) is 1. The van der Waals surface area contributed by atoms with E-state index >= 15 is 0 Å². The Labute approximate surface area is 85.8 Å². The van der Waals surface area contributed by atoms with Gasteiger partial charge in [0.25, 0.3) is 0 Å². The molecule has 0 aliphatic rings. The smallest absolute Gasteiger partial charge is 0.235 e. The molecular weight excluding hydrogens is 186 g/mol.